The Morgan fingerprint density at radius 3 is 2.33 bits per heavy atom. The van der Waals surface area contributed by atoms with Crippen LogP contribution in [0.5, 0.6) is 0 Å². The first-order valence-electron chi connectivity index (χ1n) is 7.41. The molecule has 0 aliphatic heterocycles. The van der Waals surface area contributed by atoms with Crippen molar-refractivity contribution in [2.45, 2.75) is 9.96 Å². The van der Waals surface area contributed by atoms with Crippen LogP contribution in [0.3, 0.4) is 0 Å². The molecule has 3 N–H and O–H groups in total. The standard InChI is InChI=1S/C16H13Cl3N4O3S/c17-16(18,19)14(22-15(27)20-11-6-2-1-3-7-11)21-13(24)10-5-4-8-12(9-10)23(25)26/h1-9,14H,(H,21,24)(H2,20,22,27)/t14-/m0/s1. The molecule has 0 saturated carbocycles. The summed E-state index contributed by atoms with van der Waals surface area (Å²) in [4.78, 5) is 22.6. The Kier molecular flexibility index (Phi) is 7.20. The third-order valence-corrected chi connectivity index (χ3v) is 4.10. The Labute approximate surface area is 175 Å². The van der Waals surface area contributed by atoms with Crippen molar-refractivity contribution in [1.82, 2.24) is 10.6 Å². The Hall–Kier alpha value is -2.13. The number of carbonyl (C=O) groups excluding carboxylic acids is 1. The predicted octanol–water partition coefficient (Wildman–Crippen LogP) is 4.01. The average Bonchev–Trinajstić information content (AvgIpc) is 2.61. The highest BCUT2D eigenvalue weighted by molar-refractivity contribution is 7.80. The molecule has 0 unspecified atom stereocenters. The van der Waals surface area contributed by atoms with Gasteiger partial charge in [0.25, 0.3) is 11.6 Å². The van der Waals surface area contributed by atoms with Gasteiger partial charge in [0.15, 0.2) is 5.11 Å². The van der Waals surface area contributed by atoms with Crippen LogP contribution >= 0.6 is 47.0 Å². The zero-order valence-electron chi connectivity index (χ0n) is 13.5. The smallest absolute Gasteiger partial charge is 0.270 e. The van der Waals surface area contributed by atoms with Crippen molar-refractivity contribution in [3.8, 4) is 0 Å². The number of non-ortho nitro benzene ring substituents is 1. The topological polar surface area (TPSA) is 96.3 Å². The van der Waals surface area contributed by atoms with Gasteiger partial charge in [-0.2, -0.15) is 0 Å². The molecule has 27 heavy (non-hydrogen) atoms. The molecule has 1 amide bonds. The van der Waals surface area contributed by atoms with Crippen molar-refractivity contribution in [1.29, 1.82) is 0 Å². The minimum atomic E-state index is -1.95. The van der Waals surface area contributed by atoms with E-state index in [1.165, 1.54) is 18.2 Å². The van der Waals surface area contributed by atoms with Crippen LogP contribution < -0.4 is 16.0 Å². The molecule has 2 rings (SSSR count). The summed E-state index contributed by atoms with van der Waals surface area (Å²) in [5.74, 6) is -0.676. The molecular weight excluding hydrogens is 435 g/mol. The second kappa shape index (κ2) is 9.18. The maximum atomic E-state index is 12.4. The molecule has 0 aliphatic carbocycles. The molecule has 0 saturated heterocycles. The number of para-hydroxylation sites is 1. The molecular formula is C16H13Cl3N4O3S. The van der Waals surface area contributed by atoms with E-state index < -0.39 is 20.8 Å². The van der Waals surface area contributed by atoms with Crippen molar-refractivity contribution in [3.63, 3.8) is 0 Å². The number of thiocarbonyl (C=S) groups is 1. The van der Waals surface area contributed by atoms with Gasteiger partial charge in [-0.05, 0) is 30.4 Å². The summed E-state index contributed by atoms with van der Waals surface area (Å²) in [5.41, 5.74) is 0.498. The number of benzene rings is 2. The van der Waals surface area contributed by atoms with Crippen molar-refractivity contribution < 1.29 is 9.72 Å². The molecule has 0 spiro atoms. The number of nitrogens with one attached hydrogen (secondary N) is 3. The van der Waals surface area contributed by atoms with Gasteiger partial charge in [-0.1, -0.05) is 59.1 Å². The molecule has 11 heteroatoms. The maximum Gasteiger partial charge on any atom is 0.270 e. The summed E-state index contributed by atoms with van der Waals surface area (Å²) >= 11 is 22.9. The zero-order valence-corrected chi connectivity index (χ0v) is 16.6. The number of halogens is 3. The van der Waals surface area contributed by atoms with Gasteiger partial charge in [-0.3, -0.25) is 14.9 Å². The highest BCUT2D eigenvalue weighted by Gasteiger charge is 2.35. The quantitative estimate of drug-likeness (QED) is 0.211. The van der Waals surface area contributed by atoms with E-state index in [1.807, 2.05) is 18.2 Å². The summed E-state index contributed by atoms with van der Waals surface area (Å²) in [7, 11) is 0. The van der Waals surface area contributed by atoms with E-state index >= 15 is 0 Å². The minimum Gasteiger partial charge on any atom is -0.339 e. The SMILES string of the molecule is O=C(N[C@@H](NC(=S)Nc1ccccc1)C(Cl)(Cl)Cl)c1cccc([N+](=O)[O-])c1. The molecule has 7 nitrogen and oxygen atoms in total. The molecule has 142 valence electrons. The van der Waals surface area contributed by atoms with Crippen LogP contribution in [0.15, 0.2) is 54.6 Å². The van der Waals surface area contributed by atoms with Crippen molar-refractivity contribution >= 4 is 69.4 Å². The fraction of sp³-hybridized carbons (Fsp3) is 0.125. The summed E-state index contributed by atoms with van der Waals surface area (Å²) in [6.45, 7) is 0. The van der Waals surface area contributed by atoms with E-state index in [1.54, 1.807) is 12.1 Å². The number of anilines is 1. The zero-order chi connectivity index (χ0) is 20.0. The van der Waals surface area contributed by atoms with Gasteiger partial charge in [0.2, 0.25) is 3.79 Å². The third-order valence-electron chi connectivity index (χ3n) is 3.23. The summed E-state index contributed by atoms with van der Waals surface area (Å²) in [6.07, 6.45) is -1.20. The van der Waals surface area contributed by atoms with E-state index in [4.69, 9.17) is 47.0 Å². The van der Waals surface area contributed by atoms with E-state index in [0.29, 0.717) is 5.69 Å². The average molecular weight is 448 g/mol. The second-order valence-corrected chi connectivity index (χ2v) is 8.00. The lowest BCUT2D eigenvalue weighted by atomic mass is 10.2. The summed E-state index contributed by atoms with van der Waals surface area (Å²) in [5, 5.41) is 19.0. The van der Waals surface area contributed by atoms with Gasteiger partial charge in [-0.25, -0.2) is 0 Å². The Morgan fingerprint density at radius 1 is 1.07 bits per heavy atom. The number of hydrogen-bond donors (Lipinski definition) is 3. The number of nitro benzene ring substituents is 1. The van der Waals surface area contributed by atoms with Gasteiger partial charge < -0.3 is 16.0 Å². The van der Waals surface area contributed by atoms with Crippen LogP contribution in [0.25, 0.3) is 0 Å². The fourth-order valence-corrected chi connectivity index (χ4v) is 2.56. The van der Waals surface area contributed by atoms with Gasteiger partial charge in [0, 0.05) is 23.4 Å². The number of hydrogen-bond acceptors (Lipinski definition) is 4. The first-order valence-corrected chi connectivity index (χ1v) is 8.95. The normalized spacial score (nSPS) is 12.0. The van der Waals surface area contributed by atoms with Crippen molar-refractivity contribution in [2.75, 3.05) is 5.32 Å². The summed E-state index contributed by atoms with van der Waals surface area (Å²) in [6, 6.07) is 14.2. The van der Waals surface area contributed by atoms with Crippen LogP contribution in [-0.2, 0) is 0 Å². The maximum absolute atomic E-state index is 12.4. The highest BCUT2D eigenvalue weighted by atomic mass is 35.6. The lowest BCUT2D eigenvalue weighted by Gasteiger charge is -2.27. The van der Waals surface area contributed by atoms with Gasteiger partial charge in [0.1, 0.15) is 6.17 Å². The number of amides is 1. The van der Waals surface area contributed by atoms with Crippen LogP contribution in [0.4, 0.5) is 11.4 Å². The number of alkyl halides is 3. The Bertz CT molecular complexity index is 846. The molecule has 2 aromatic rings. The molecule has 0 bridgehead atoms. The number of nitro groups is 1. The van der Waals surface area contributed by atoms with E-state index in [9.17, 15) is 14.9 Å². The van der Waals surface area contributed by atoms with E-state index in [-0.39, 0.29) is 16.4 Å². The minimum absolute atomic E-state index is 0.0344. The first-order chi connectivity index (χ1) is 12.7. The van der Waals surface area contributed by atoms with Crippen molar-refractivity contribution in [3.05, 3.63) is 70.3 Å². The summed E-state index contributed by atoms with van der Waals surface area (Å²) < 4.78 is -1.95. The van der Waals surface area contributed by atoms with Gasteiger partial charge in [-0.15, -0.1) is 0 Å². The largest absolute Gasteiger partial charge is 0.339 e. The Morgan fingerprint density at radius 2 is 1.74 bits per heavy atom. The van der Waals surface area contributed by atoms with Crippen LogP contribution in [0, 0.1) is 10.1 Å². The molecule has 0 radical (unpaired) electrons. The molecule has 0 heterocycles. The van der Waals surface area contributed by atoms with Crippen LogP contribution in [0.1, 0.15) is 10.4 Å². The lowest BCUT2D eigenvalue weighted by molar-refractivity contribution is -0.384. The fourth-order valence-electron chi connectivity index (χ4n) is 1.99. The first kappa shape index (κ1) is 21.2. The molecule has 0 fully saturated rings. The molecule has 0 aromatic heterocycles. The monoisotopic (exact) mass is 446 g/mol. The lowest BCUT2D eigenvalue weighted by Crippen LogP contribution is -2.56. The van der Waals surface area contributed by atoms with E-state index in [2.05, 4.69) is 16.0 Å². The molecule has 0 aliphatic rings. The second-order valence-electron chi connectivity index (χ2n) is 5.22. The van der Waals surface area contributed by atoms with Crippen LogP contribution in [-0.4, -0.2) is 25.9 Å². The van der Waals surface area contributed by atoms with Gasteiger partial charge >= 0.3 is 0 Å². The van der Waals surface area contributed by atoms with Gasteiger partial charge in [0.05, 0.1) is 4.92 Å². The predicted molar refractivity (Wildman–Crippen MR) is 110 cm³/mol. The number of rotatable bonds is 5. The Balaban J connectivity index is 2.10. The molecule has 1 atom stereocenters. The molecule has 2 aromatic carbocycles. The van der Waals surface area contributed by atoms with Crippen molar-refractivity contribution in [2.24, 2.45) is 0 Å². The third kappa shape index (κ3) is 6.51. The van der Waals surface area contributed by atoms with E-state index in [0.717, 1.165) is 6.07 Å². The van der Waals surface area contributed by atoms with Crippen LogP contribution in [0.2, 0.25) is 0 Å². The number of nitrogens with zero attached hydrogens (tertiary/aromatic N) is 1. The highest BCUT2D eigenvalue weighted by Crippen LogP contribution is 2.29. The number of carbonyl (C=O) groups is 1.